The lowest BCUT2D eigenvalue weighted by atomic mass is 9.35. The van der Waals surface area contributed by atoms with Gasteiger partial charge in [-0.1, -0.05) is 34.6 Å². The molecule has 0 aliphatic heterocycles. The molecule has 0 spiro atoms. The molecule has 0 aromatic carbocycles. The van der Waals surface area contributed by atoms with Crippen molar-refractivity contribution in [3.05, 3.63) is 0 Å². The van der Waals surface area contributed by atoms with Crippen molar-refractivity contribution in [2.24, 2.45) is 28.6 Å². The molecular weight excluding hydrogens is 156 g/mol. The third-order valence-electron chi connectivity index (χ3n) is 5.42. The molecule has 0 amide bonds. The Bertz CT molecular complexity index is 214. The van der Waals surface area contributed by atoms with Crippen LogP contribution in [0.1, 0.15) is 53.9 Å². The Labute approximate surface area is 83.1 Å². The van der Waals surface area contributed by atoms with Gasteiger partial charge < -0.3 is 0 Å². The van der Waals surface area contributed by atoms with Crippen molar-refractivity contribution in [2.75, 3.05) is 0 Å². The van der Waals surface area contributed by atoms with E-state index in [-0.39, 0.29) is 0 Å². The molecule has 3 unspecified atom stereocenters. The van der Waals surface area contributed by atoms with Crippen LogP contribution in [0.4, 0.5) is 0 Å². The van der Waals surface area contributed by atoms with Crippen LogP contribution in [0.15, 0.2) is 0 Å². The van der Waals surface area contributed by atoms with Crippen LogP contribution in [0.2, 0.25) is 0 Å². The van der Waals surface area contributed by atoms with Gasteiger partial charge in [0.15, 0.2) is 0 Å². The van der Waals surface area contributed by atoms with E-state index < -0.39 is 0 Å². The summed E-state index contributed by atoms with van der Waals surface area (Å²) in [5, 5.41) is 0. The molecule has 0 heterocycles. The summed E-state index contributed by atoms with van der Waals surface area (Å²) in [4.78, 5) is 0. The largest absolute Gasteiger partial charge is 0.0625 e. The standard InChI is InChI=1S/C13H24/c1-9(2)13-7-10(3)6-11(8-13)12(13,4)5/h9-11H,6-8H2,1-5H3. The molecule has 0 saturated heterocycles. The molecule has 3 aliphatic carbocycles. The van der Waals surface area contributed by atoms with Gasteiger partial charge in [0.2, 0.25) is 0 Å². The molecule has 3 aliphatic rings. The topological polar surface area (TPSA) is 0 Å². The minimum absolute atomic E-state index is 0.633. The maximum Gasteiger partial charge on any atom is -0.0215 e. The summed E-state index contributed by atoms with van der Waals surface area (Å²) in [6, 6.07) is 0. The Morgan fingerprint density at radius 2 is 1.77 bits per heavy atom. The number of hydrogen-bond donors (Lipinski definition) is 0. The lowest BCUT2D eigenvalue weighted by Gasteiger charge is -2.69. The summed E-state index contributed by atoms with van der Waals surface area (Å²) in [6.45, 7) is 12.3. The summed E-state index contributed by atoms with van der Waals surface area (Å²) in [7, 11) is 0. The van der Waals surface area contributed by atoms with Crippen molar-refractivity contribution >= 4 is 0 Å². The predicted octanol–water partition coefficient (Wildman–Crippen LogP) is 4.10. The molecule has 0 nitrogen and oxygen atoms in total. The molecule has 0 radical (unpaired) electrons. The summed E-state index contributed by atoms with van der Waals surface area (Å²) in [5.74, 6) is 2.88. The van der Waals surface area contributed by atoms with Gasteiger partial charge in [0.1, 0.15) is 0 Å². The van der Waals surface area contributed by atoms with E-state index >= 15 is 0 Å². The van der Waals surface area contributed by atoms with E-state index in [0.29, 0.717) is 10.8 Å². The van der Waals surface area contributed by atoms with Crippen molar-refractivity contribution in [3.63, 3.8) is 0 Å². The van der Waals surface area contributed by atoms with E-state index in [2.05, 4.69) is 34.6 Å². The van der Waals surface area contributed by atoms with Crippen molar-refractivity contribution < 1.29 is 0 Å². The van der Waals surface area contributed by atoms with E-state index in [0.717, 1.165) is 17.8 Å². The van der Waals surface area contributed by atoms with E-state index in [1.54, 1.807) is 0 Å². The fourth-order valence-electron chi connectivity index (χ4n) is 4.36. The van der Waals surface area contributed by atoms with Gasteiger partial charge in [0, 0.05) is 0 Å². The third-order valence-corrected chi connectivity index (χ3v) is 5.42. The first kappa shape index (κ1) is 9.55. The van der Waals surface area contributed by atoms with Crippen LogP contribution in [0.5, 0.6) is 0 Å². The first-order valence-electron chi connectivity index (χ1n) is 5.90. The van der Waals surface area contributed by atoms with E-state index in [4.69, 9.17) is 0 Å². The molecule has 3 fully saturated rings. The predicted molar refractivity (Wildman–Crippen MR) is 57.6 cm³/mol. The van der Waals surface area contributed by atoms with Gasteiger partial charge in [0.05, 0.1) is 0 Å². The molecule has 0 N–H and O–H groups in total. The zero-order chi connectivity index (χ0) is 9.85. The van der Waals surface area contributed by atoms with Crippen LogP contribution in [-0.2, 0) is 0 Å². The molecule has 0 aromatic heterocycles. The van der Waals surface area contributed by atoms with Gasteiger partial charge in [0.25, 0.3) is 0 Å². The van der Waals surface area contributed by atoms with Crippen molar-refractivity contribution in [1.82, 2.24) is 0 Å². The molecular formula is C13H24. The smallest absolute Gasteiger partial charge is 0.0215 e. The van der Waals surface area contributed by atoms with E-state index in [1.807, 2.05) is 0 Å². The highest BCUT2D eigenvalue weighted by atomic mass is 14.7. The number of rotatable bonds is 1. The number of fused-ring (bicyclic) bond motifs is 2. The quantitative estimate of drug-likeness (QED) is 0.570. The first-order chi connectivity index (χ1) is 5.90. The minimum Gasteiger partial charge on any atom is -0.0625 e. The molecule has 0 aromatic rings. The second-order valence-electron chi connectivity index (χ2n) is 6.48. The second kappa shape index (κ2) is 2.52. The van der Waals surface area contributed by atoms with Gasteiger partial charge in [-0.2, -0.15) is 0 Å². The average molecular weight is 180 g/mol. The normalized spacial score (nSPS) is 47.5. The van der Waals surface area contributed by atoms with Gasteiger partial charge in [-0.05, 0) is 47.8 Å². The average Bonchev–Trinajstić information content (AvgIpc) is 2.02. The van der Waals surface area contributed by atoms with Crippen LogP contribution in [0.3, 0.4) is 0 Å². The maximum absolute atomic E-state index is 2.51. The summed E-state index contributed by atoms with van der Waals surface area (Å²) < 4.78 is 0. The summed E-state index contributed by atoms with van der Waals surface area (Å²) >= 11 is 0. The van der Waals surface area contributed by atoms with Crippen LogP contribution < -0.4 is 0 Å². The Morgan fingerprint density at radius 1 is 1.15 bits per heavy atom. The summed E-state index contributed by atoms with van der Waals surface area (Å²) in [5.41, 5.74) is 1.32. The highest BCUT2D eigenvalue weighted by Gasteiger charge is 2.63. The number of hydrogen-bond acceptors (Lipinski definition) is 0. The Kier molecular flexibility index (Phi) is 1.85. The monoisotopic (exact) mass is 180 g/mol. The molecule has 13 heavy (non-hydrogen) atoms. The van der Waals surface area contributed by atoms with Crippen molar-refractivity contribution in [3.8, 4) is 0 Å². The van der Waals surface area contributed by atoms with Gasteiger partial charge in [-0.3, -0.25) is 0 Å². The lowest BCUT2D eigenvalue weighted by Crippen LogP contribution is -2.61. The molecule has 3 saturated carbocycles. The Balaban J connectivity index is 2.27. The van der Waals surface area contributed by atoms with E-state index in [1.165, 1.54) is 19.3 Å². The highest BCUT2D eigenvalue weighted by molar-refractivity contribution is 5.12. The van der Waals surface area contributed by atoms with Gasteiger partial charge in [-0.25, -0.2) is 0 Å². The van der Waals surface area contributed by atoms with E-state index in [9.17, 15) is 0 Å². The second-order valence-corrected chi connectivity index (χ2v) is 6.48. The minimum atomic E-state index is 0.633. The van der Waals surface area contributed by atoms with Crippen molar-refractivity contribution in [1.29, 1.82) is 0 Å². The molecule has 3 rings (SSSR count). The van der Waals surface area contributed by atoms with Gasteiger partial charge in [-0.15, -0.1) is 0 Å². The molecule has 3 atom stereocenters. The fourth-order valence-corrected chi connectivity index (χ4v) is 4.36. The van der Waals surface area contributed by atoms with Crippen LogP contribution in [-0.4, -0.2) is 0 Å². The van der Waals surface area contributed by atoms with Crippen molar-refractivity contribution in [2.45, 2.75) is 53.9 Å². The molecule has 0 heteroatoms. The Hall–Kier alpha value is 0. The zero-order valence-corrected chi connectivity index (χ0v) is 9.85. The fraction of sp³-hybridized carbons (Fsp3) is 1.00. The lowest BCUT2D eigenvalue weighted by molar-refractivity contribution is -0.203. The molecule has 76 valence electrons. The first-order valence-corrected chi connectivity index (χ1v) is 5.90. The molecule has 2 bridgehead atoms. The maximum atomic E-state index is 2.51. The SMILES string of the molecule is CC1CC2CC(C(C)C)(C1)C2(C)C. The Morgan fingerprint density at radius 3 is 2.15 bits per heavy atom. The highest BCUT2D eigenvalue weighted by Crippen LogP contribution is 2.71. The van der Waals surface area contributed by atoms with Crippen LogP contribution in [0, 0.1) is 28.6 Å². The van der Waals surface area contributed by atoms with Crippen LogP contribution in [0.25, 0.3) is 0 Å². The zero-order valence-electron chi connectivity index (χ0n) is 9.85. The third kappa shape index (κ3) is 0.980. The van der Waals surface area contributed by atoms with Crippen LogP contribution >= 0.6 is 0 Å². The summed E-state index contributed by atoms with van der Waals surface area (Å²) in [6.07, 6.45) is 4.48. The van der Waals surface area contributed by atoms with Gasteiger partial charge >= 0.3 is 0 Å².